The Hall–Kier alpha value is -3.72. The lowest BCUT2D eigenvalue weighted by molar-refractivity contribution is 0.246. The summed E-state index contributed by atoms with van der Waals surface area (Å²) >= 11 is 0. The number of amides is 2. The van der Waals surface area contributed by atoms with E-state index in [9.17, 15) is 13.2 Å². The summed E-state index contributed by atoms with van der Waals surface area (Å²) in [5.41, 5.74) is 6.73. The lowest BCUT2D eigenvalue weighted by Gasteiger charge is -2.11. The van der Waals surface area contributed by atoms with Crippen LogP contribution in [0.5, 0.6) is 0 Å². The molecule has 2 amide bonds. The third kappa shape index (κ3) is 5.35. The second kappa shape index (κ2) is 9.87. The zero-order chi connectivity index (χ0) is 25.2. The van der Waals surface area contributed by atoms with E-state index in [-0.39, 0.29) is 4.90 Å². The monoisotopic (exact) mass is 491 g/mol. The van der Waals surface area contributed by atoms with Crippen molar-refractivity contribution in [2.24, 2.45) is 0 Å². The molecule has 2 aromatic carbocycles. The maximum absolute atomic E-state index is 12.3. The summed E-state index contributed by atoms with van der Waals surface area (Å²) in [7, 11) is -3.91. The summed E-state index contributed by atoms with van der Waals surface area (Å²) in [6, 6.07) is 15.6. The number of imidazole rings is 1. The van der Waals surface area contributed by atoms with Crippen LogP contribution in [-0.2, 0) is 22.9 Å². The second-order valence-corrected chi connectivity index (χ2v) is 10.2. The molecule has 0 radical (unpaired) electrons. The van der Waals surface area contributed by atoms with Crippen LogP contribution in [0, 0.1) is 20.8 Å². The van der Waals surface area contributed by atoms with Crippen LogP contribution in [-0.4, -0.2) is 35.5 Å². The summed E-state index contributed by atoms with van der Waals surface area (Å²) in [6.07, 6.45) is 1.33. The van der Waals surface area contributed by atoms with Crippen molar-refractivity contribution in [3.8, 4) is 5.69 Å². The van der Waals surface area contributed by atoms with Gasteiger partial charge in [-0.25, -0.2) is 27.9 Å². The minimum atomic E-state index is -3.91. The third-order valence-corrected chi connectivity index (χ3v) is 7.26. The average Bonchev–Trinajstić information content (AvgIpc) is 3.17. The highest BCUT2D eigenvalue weighted by Gasteiger charge is 2.17. The number of carbonyl (C=O) groups is 1. The van der Waals surface area contributed by atoms with E-state index in [4.69, 9.17) is 9.97 Å². The average molecular weight is 492 g/mol. The Morgan fingerprint density at radius 2 is 1.66 bits per heavy atom. The van der Waals surface area contributed by atoms with E-state index in [1.165, 1.54) is 12.1 Å². The fourth-order valence-corrected chi connectivity index (χ4v) is 4.74. The van der Waals surface area contributed by atoms with E-state index in [0.717, 1.165) is 51.5 Å². The molecule has 8 nitrogen and oxygen atoms in total. The van der Waals surface area contributed by atoms with Gasteiger partial charge in [-0.2, -0.15) is 0 Å². The van der Waals surface area contributed by atoms with E-state index in [1.54, 1.807) is 12.1 Å². The Morgan fingerprint density at radius 3 is 2.31 bits per heavy atom. The van der Waals surface area contributed by atoms with Crippen molar-refractivity contribution >= 4 is 27.2 Å². The summed E-state index contributed by atoms with van der Waals surface area (Å²) in [6.45, 7) is 8.26. The number of urea groups is 1. The largest absolute Gasteiger partial charge is 0.337 e. The molecule has 2 aromatic heterocycles. The van der Waals surface area contributed by atoms with Crippen LogP contribution in [0.3, 0.4) is 0 Å². The second-order valence-electron chi connectivity index (χ2n) is 8.54. The Labute approximate surface area is 205 Å². The number of hydrogen-bond acceptors (Lipinski definition) is 5. The first-order valence-electron chi connectivity index (χ1n) is 11.5. The maximum atomic E-state index is 12.3. The molecule has 2 N–H and O–H groups in total. The molecule has 35 heavy (non-hydrogen) atoms. The molecule has 0 unspecified atom stereocenters. The van der Waals surface area contributed by atoms with Crippen LogP contribution in [0.1, 0.15) is 35.1 Å². The van der Waals surface area contributed by atoms with Crippen LogP contribution in [0.25, 0.3) is 16.9 Å². The molecular formula is C26H29N5O3S. The minimum Gasteiger partial charge on any atom is -0.337 e. The van der Waals surface area contributed by atoms with E-state index >= 15 is 0 Å². The first kappa shape index (κ1) is 24.4. The molecule has 0 fully saturated rings. The molecule has 0 aliphatic carbocycles. The Balaban J connectivity index is 1.40. The molecule has 0 saturated heterocycles. The number of fused-ring (bicyclic) bond motifs is 1. The van der Waals surface area contributed by atoms with E-state index in [1.807, 2.05) is 49.8 Å². The van der Waals surface area contributed by atoms with Crippen molar-refractivity contribution in [1.82, 2.24) is 24.6 Å². The van der Waals surface area contributed by atoms with Gasteiger partial charge in [0.15, 0.2) is 5.65 Å². The zero-order valence-corrected chi connectivity index (χ0v) is 21.1. The molecule has 9 heteroatoms. The quantitative estimate of drug-likeness (QED) is 0.404. The van der Waals surface area contributed by atoms with Crippen molar-refractivity contribution in [1.29, 1.82) is 0 Å². The number of hydrogen-bond donors (Lipinski definition) is 2. The molecule has 182 valence electrons. The predicted octanol–water partition coefficient (Wildman–Crippen LogP) is 4.14. The number of aryl methyl sites for hydroxylation is 4. The first-order valence-corrected chi connectivity index (χ1v) is 13.0. The Bertz CT molecular complexity index is 1470. The van der Waals surface area contributed by atoms with Crippen molar-refractivity contribution in [3.05, 3.63) is 82.8 Å². The topological polar surface area (TPSA) is 106 Å². The van der Waals surface area contributed by atoms with Crippen LogP contribution in [0.4, 0.5) is 4.79 Å². The zero-order valence-electron chi connectivity index (χ0n) is 20.3. The van der Waals surface area contributed by atoms with Gasteiger partial charge >= 0.3 is 6.03 Å². The number of aromatic nitrogens is 3. The van der Waals surface area contributed by atoms with Gasteiger partial charge in [0.25, 0.3) is 10.0 Å². The van der Waals surface area contributed by atoms with Crippen molar-refractivity contribution in [2.45, 2.75) is 45.4 Å². The number of benzene rings is 2. The standard InChI is InChI=1S/C26H29N5O3S/c1-5-24-29-23-16-18(3)19(4)28-25(23)31(24)21-10-8-20(9-11-21)14-15-27-26(32)30-35(33,34)22-12-6-17(2)7-13-22/h6-13,16H,5,14-15H2,1-4H3,(H2,27,30,32). The van der Waals surface area contributed by atoms with Gasteiger partial charge in [-0.05, 0) is 68.7 Å². The summed E-state index contributed by atoms with van der Waals surface area (Å²) in [5.74, 6) is 0.943. The van der Waals surface area contributed by atoms with E-state index < -0.39 is 16.1 Å². The highest BCUT2D eigenvalue weighted by molar-refractivity contribution is 7.90. The van der Waals surface area contributed by atoms with Gasteiger partial charge in [0.05, 0.1) is 4.90 Å². The molecule has 4 rings (SSSR count). The highest BCUT2D eigenvalue weighted by atomic mass is 32.2. The summed E-state index contributed by atoms with van der Waals surface area (Å²) in [5, 5.41) is 2.61. The molecule has 0 bridgehead atoms. The van der Waals surface area contributed by atoms with Crippen molar-refractivity contribution < 1.29 is 13.2 Å². The van der Waals surface area contributed by atoms with Gasteiger partial charge in [0.1, 0.15) is 11.3 Å². The van der Waals surface area contributed by atoms with Gasteiger partial charge < -0.3 is 5.32 Å². The predicted molar refractivity (Wildman–Crippen MR) is 136 cm³/mol. The number of pyridine rings is 1. The van der Waals surface area contributed by atoms with Crippen molar-refractivity contribution in [2.75, 3.05) is 6.54 Å². The summed E-state index contributed by atoms with van der Waals surface area (Å²) in [4.78, 5) is 21.7. The van der Waals surface area contributed by atoms with E-state index in [0.29, 0.717) is 13.0 Å². The fourth-order valence-electron chi connectivity index (χ4n) is 3.81. The Morgan fingerprint density at radius 1 is 0.971 bits per heavy atom. The maximum Gasteiger partial charge on any atom is 0.328 e. The van der Waals surface area contributed by atoms with Gasteiger partial charge in [0.2, 0.25) is 0 Å². The molecule has 2 heterocycles. The van der Waals surface area contributed by atoms with Gasteiger partial charge in [-0.15, -0.1) is 0 Å². The SMILES string of the molecule is CCc1nc2cc(C)c(C)nc2n1-c1ccc(CCNC(=O)NS(=O)(=O)c2ccc(C)cc2)cc1. The molecule has 4 aromatic rings. The molecule has 0 aliphatic rings. The van der Waals surface area contributed by atoms with E-state index in [2.05, 4.69) is 22.9 Å². The number of rotatable bonds is 7. The number of nitrogens with zero attached hydrogens (tertiary/aromatic N) is 3. The molecular weight excluding hydrogens is 462 g/mol. The van der Waals surface area contributed by atoms with Crippen molar-refractivity contribution in [3.63, 3.8) is 0 Å². The number of nitrogens with one attached hydrogen (secondary N) is 2. The van der Waals surface area contributed by atoms with Crippen LogP contribution in [0.2, 0.25) is 0 Å². The molecule has 0 aliphatic heterocycles. The smallest absolute Gasteiger partial charge is 0.328 e. The molecule has 0 spiro atoms. The molecule has 0 saturated carbocycles. The van der Waals surface area contributed by atoms with Crippen LogP contribution in [0.15, 0.2) is 59.5 Å². The lowest BCUT2D eigenvalue weighted by Crippen LogP contribution is -2.40. The molecule has 0 atom stereocenters. The van der Waals surface area contributed by atoms with Gasteiger partial charge in [-0.3, -0.25) is 4.57 Å². The van der Waals surface area contributed by atoms with Gasteiger partial charge in [-0.1, -0.05) is 36.8 Å². The number of sulfonamides is 1. The fraction of sp³-hybridized carbons (Fsp3) is 0.269. The summed E-state index contributed by atoms with van der Waals surface area (Å²) < 4.78 is 28.8. The first-order chi connectivity index (χ1) is 16.7. The van der Waals surface area contributed by atoms with Crippen LogP contribution >= 0.6 is 0 Å². The highest BCUT2D eigenvalue weighted by Crippen LogP contribution is 2.23. The normalized spacial score (nSPS) is 11.5. The lowest BCUT2D eigenvalue weighted by atomic mass is 10.1. The Kier molecular flexibility index (Phi) is 6.88. The minimum absolute atomic E-state index is 0.0483. The van der Waals surface area contributed by atoms with Crippen LogP contribution < -0.4 is 10.0 Å². The third-order valence-electron chi connectivity index (χ3n) is 5.91. The van der Waals surface area contributed by atoms with Gasteiger partial charge in [0, 0.05) is 24.3 Å². The number of carbonyl (C=O) groups excluding carboxylic acids is 1.